The molecule has 2 saturated carbocycles. The number of nitrogens with zero attached hydrogens (tertiary/aromatic N) is 2. The fourth-order valence-corrected chi connectivity index (χ4v) is 9.38. The molecular formula is C34H45N3O5. The Bertz CT molecular complexity index is 1340. The van der Waals surface area contributed by atoms with Crippen molar-refractivity contribution in [1.82, 2.24) is 15.1 Å². The minimum Gasteiger partial charge on any atom is -0.508 e. The molecule has 2 amide bonds. The molecule has 3 fully saturated rings. The number of rotatable bonds is 6. The van der Waals surface area contributed by atoms with Gasteiger partial charge in [0.1, 0.15) is 11.4 Å². The Morgan fingerprint density at radius 1 is 1.12 bits per heavy atom. The largest absolute Gasteiger partial charge is 0.508 e. The van der Waals surface area contributed by atoms with Gasteiger partial charge in [-0.1, -0.05) is 24.3 Å². The van der Waals surface area contributed by atoms with Crippen LogP contribution in [0.5, 0.6) is 5.75 Å². The molecule has 0 aromatic heterocycles. The van der Waals surface area contributed by atoms with Gasteiger partial charge in [0.05, 0.1) is 6.10 Å². The van der Waals surface area contributed by atoms with Crippen LogP contribution in [0.25, 0.3) is 0 Å². The molecule has 1 aliphatic heterocycles. The average molecular weight is 576 g/mol. The second kappa shape index (κ2) is 10.6. The van der Waals surface area contributed by atoms with Gasteiger partial charge in [-0.2, -0.15) is 0 Å². The molecule has 4 bridgehead atoms. The van der Waals surface area contributed by atoms with E-state index in [9.17, 15) is 19.8 Å². The number of β-amino-alcohol motifs (C(OH)–C–C–N with tert-alkyl or cyclic N) is 1. The minimum atomic E-state index is -0.717. The van der Waals surface area contributed by atoms with Gasteiger partial charge in [-0.3, -0.25) is 9.69 Å². The summed E-state index contributed by atoms with van der Waals surface area (Å²) in [5.74, 6) is 0.671. The number of likely N-dealkylation sites (tertiary alicyclic amines) is 1. The first kappa shape index (κ1) is 29.0. The van der Waals surface area contributed by atoms with E-state index in [1.165, 1.54) is 11.1 Å². The van der Waals surface area contributed by atoms with Gasteiger partial charge in [0.2, 0.25) is 0 Å². The number of carbonyl (C=O) groups is 2. The summed E-state index contributed by atoms with van der Waals surface area (Å²) in [5.41, 5.74) is 2.56. The molecule has 2 aromatic rings. The topological polar surface area (TPSA) is 102 Å². The SMILES string of the molecule is CN(C(=O)c1ccccc1)C1CCC23CCC1C21CCN(CC(O)CNC(=O)OC(C)(C)C)C3Cc2ccc(O)cc21. The number of hydrogen-bond donors (Lipinski definition) is 3. The number of benzene rings is 2. The number of alkyl carbamates (subject to hydrolysis) is 1. The molecule has 3 N–H and O–H groups in total. The molecule has 2 aromatic carbocycles. The Morgan fingerprint density at radius 3 is 2.60 bits per heavy atom. The maximum Gasteiger partial charge on any atom is 0.407 e. The predicted octanol–water partition coefficient (Wildman–Crippen LogP) is 4.48. The Morgan fingerprint density at radius 2 is 1.86 bits per heavy atom. The molecule has 1 saturated heterocycles. The molecule has 8 heteroatoms. The number of aliphatic hydroxyl groups excluding tert-OH is 1. The summed E-state index contributed by atoms with van der Waals surface area (Å²) in [6.07, 6.45) is 4.62. The predicted molar refractivity (Wildman–Crippen MR) is 160 cm³/mol. The fraction of sp³-hybridized carbons (Fsp3) is 0.588. The number of aliphatic hydroxyl groups is 1. The van der Waals surface area contributed by atoms with Gasteiger partial charge in [-0.15, -0.1) is 0 Å². The maximum absolute atomic E-state index is 13.6. The highest BCUT2D eigenvalue weighted by atomic mass is 16.6. The molecule has 6 atom stereocenters. The highest BCUT2D eigenvalue weighted by Gasteiger charge is 2.71. The van der Waals surface area contributed by atoms with Crippen LogP contribution in [-0.2, 0) is 16.6 Å². The summed E-state index contributed by atoms with van der Waals surface area (Å²) in [4.78, 5) is 30.3. The Labute approximate surface area is 249 Å². The number of phenols is 1. The van der Waals surface area contributed by atoms with E-state index in [0.717, 1.165) is 50.6 Å². The fourth-order valence-electron chi connectivity index (χ4n) is 9.38. The van der Waals surface area contributed by atoms with Gasteiger partial charge < -0.3 is 25.2 Å². The molecule has 1 heterocycles. The Balaban J connectivity index is 1.28. The summed E-state index contributed by atoms with van der Waals surface area (Å²) in [7, 11) is 1.97. The lowest BCUT2D eigenvalue weighted by molar-refractivity contribution is -0.110. The van der Waals surface area contributed by atoms with Crippen LogP contribution in [0.1, 0.15) is 74.4 Å². The molecule has 0 spiro atoms. The lowest BCUT2D eigenvalue weighted by Crippen LogP contribution is -2.70. The van der Waals surface area contributed by atoms with E-state index in [2.05, 4.69) is 16.3 Å². The second-order valence-electron chi connectivity index (χ2n) is 14.0. The summed E-state index contributed by atoms with van der Waals surface area (Å²) >= 11 is 0. The van der Waals surface area contributed by atoms with E-state index >= 15 is 0 Å². The zero-order valence-electron chi connectivity index (χ0n) is 25.3. The van der Waals surface area contributed by atoms with Crippen molar-refractivity contribution >= 4 is 12.0 Å². The number of piperidine rings is 1. The van der Waals surface area contributed by atoms with Crippen LogP contribution >= 0.6 is 0 Å². The molecule has 6 rings (SSSR count). The smallest absolute Gasteiger partial charge is 0.407 e. The van der Waals surface area contributed by atoms with Gasteiger partial charge in [0, 0.05) is 43.2 Å². The molecular weight excluding hydrogens is 530 g/mol. The third-order valence-electron chi connectivity index (χ3n) is 10.8. The van der Waals surface area contributed by atoms with E-state index in [1.807, 2.05) is 69.1 Å². The first-order valence-electron chi connectivity index (χ1n) is 15.5. The quantitative estimate of drug-likeness (QED) is 0.470. The lowest BCUT2D eigenvalue weighted by atomic mass is 9.43. The van der Waals surface area contributed by atoms with Crippen LogP contribution in [0.15, 0.2) is 48.5 Å². The maximum atomic E-state index is 13.6. The minimum absolute atomic E-state index is 0.0160. The molecule has 3 aliphatic carbocycles. The van der Waals surface area contributed by atoms with Crippen molar-refractivity contribution in [3.8, 4) is 5.75 Å². The van der Waals surface area contributed by atoms with E-state index in [-0.39, 0.29) is 35.4 Å². The number of ether oxygens (including phenoxy) is 1. The van der Waals surface area contributed by atoms with Crippen molar-refractivity contribution in [2.75, 3.05) is 26.7 Å². The second-order valence-corrected chi connectivity index (χ2v) is 14.0. The van der Waals surface area contributed by atoms with Crippen LogP contribution in [0.3, 0.4) is 0 Å². The molecule has 8 nitrogen and oxygen atoms in total. The van der Waals surface area contributed by atoms with Gasteiger partial charge >= 0.3 is 6.09 Å². The number of nitrogens with one attached hydrogen (secondary N) is 1. The van der Waals surface area contributed by atoms with Gasteiger partial charge in [-0.05, 0) is 113 Å². The van der Waals surface area contributed by atoms with E-state index in [1.54, 1.807) is 6.07 Å². The van der Waals surface area contributed by atoms with Crippen LogP contribution < -0.4 is 5.32 Å². The number of carbonyl (C=O) groups excluding carboxylic acids is 2. The van der Waals surface area contributed by atoms with Gasteiger partial charge in [0.25, 0.3) is 5.91 Å². The number of phenolic OH excluding ortho intramolecular Hbond substituents is 1. The summed E-state index contributed by atoms with van der Waals surface area (Å²) in [6.45, 7) is 6.90. The third-order valence-corrected chi connectivity index (χ3v) is 10.8. The van der Waals surface area contributed by atoms with E-state index in [4.69, 9.17) is 4.74 Å². The number of fused-ring (bicyclic) bond motifs is 1. The van der Waals surface area contributed by atoms with Crippen molar-refractivity contribution in [3.05, 3.63) is 65.2 Å². The number of aromatic hydroxyl groups is 1. The van der Waals surface area contributed by atoms with Crippen molar-refractivity contribution < 1.29 is 24.5 Å². The number of amides is 2. The lowest BCUT2D eigenvalue weighted by Gasteiger charge is -2.67. The van der Waals surface area contributed by atoms with Crippen molar-refractivity contribution in [2.45, 2.75) is 88.5 Å². The van der Waals surface area contributed by atoms with Crippen molar-refractivity contribution in [2.24, 2.45) is 11.3 Å². The first-order valence-corrected chi connectivity index (χ1v) is 15.5. The summed E-state index contributed by atoms with van der Waals surface area (Å²) in [5, 5.41) is 24.4. The zero-order valence-corrected chi connectivity index (χ0v) is 25.3. The highest BCUT2D eigenvalue weighted by Crippen LogP contribution is 2.72. The third kappa shape index (κ3) is 4.67. The molecule has 42 heavy (non-hydrogen) atoms. The van der Waals surface area contributed by atoms with Gasteiger partial charge in [0.15, 0.2) is 0 Å². The van der Waals surface area contributed by atoms with Crippen molar-refractivity contribution in [1.29, 1.82) is 0 Å². The van der Waals surface area contributed by atoms with Crippen LogP contribution in [0.4, 0.5) is 4.79 Å². The monoisotopic (exact) mass is 575 g/mol. The molecule has 4 aliphatic rings. The van der Waals surface area contributed by atoms with Crippen molar-refractivity contribution in [3.63, 3.8) is 0 Å². The highest BCUT2D eigenvalue weighted by molar-refractivity contribution is 5.94. The Hall–Kier alpha value is -3.10. The summed E-state index contributed by atoms with van der Waals surface area (Å²) in [6, 6.07) is 15.8. The van der Waals surface area contributed by atoms with Crippen LogP contribution in [-0.4, -0.2) is 82.5 Å². The van der Waals surface area contributed by atoms with Gasteiger partial charge in [-0.25, -0.2) is 4.79 Å². The molecule has 0 radical (unpaired) electrons. The normalized spacial score (nSPS) is 30.5. The zero-order chi connectivity index (χ0) is 29.9. The standard InChI is InChI=1S/C34H45N3O5/c1-32(2,3)42-31(41)35-20-25(39)21-37-17-16-34-26-12-14-33(34,29(37)18-23-10-11-24(38)19-27(23)34)15-13-28(26)36(4)30(40)22-8-6-5-7-9-22/h5-11,19,25-26,28-29,38-39H,12-18,20-21H2,1-4H3,(H,35,41). The van der Waals surface area contributed by atoms with Crippen LogP contribution in [0.2, 0.25) is 0 Å². The molecule has 226 valence electrons. The average Bonchev–Trinajstić information content (AvgIpc) is 3.18. The van der Waals surface area contributed by atoms with E-state index < -0.39 is 17.8 Å². The summed E-state index contributed by atoms with van der Waals surface area (Å²) < 4.78 is 5.35. The van der Waals surface area contributed by atoms with E-state index in [0.29, 0.717) is 18.2 Å². The van der Waals surface area contributed by atoms with Crippen LogP contribution in [0, 0.1) is 11.3 Å². The Kier molecular flexibility index (Phi) is 7.29. The number of hydrogen-bond acceptors (Lipinski definition) is 6. The molecule has 6 unspecified atom stereocenters. The first-order chi connectivity index (χ1) is 19.9.